The van der Waals surface area contributed by atoms with Crippen molar-refractivity contribution in [1.29, 1.82) is 0 Å². The molecule has 0 unspecified atom stereocenters. The Kier molecular flexibility index (Phi) is 3.46. The van der Waals surface area contributed by atoms with Gasteiger partial charge in [0.1, 0.15) is 5.75 Å². The van der Waals surface area contributed by atoms with Crippen LogP contribution < -0.4 is 0 Å². The van der Waals surface area contributed by atoms with Gasteiger partial charge in [-0.25, -0.2) is 0 Å². The van der Waals surface area contributed by atoms with Crippen molar-refractivity contribution in [3.8, 4) is 5.75 Å². The number of hydrogen-bond donors (Lipinski definition) is 1. The molecule has 1 saturated heterocycles. The van der Waals surface area contributed by atoms with Gasteiger partial charge in [0.05, 0.1) is 0 Å². The summed E-state index contributed by atoms with van der Waals surface area (Å²) in [4.78, 5) is 4.82. The minimum atomic E-state index is 0.391. The molecular formula is C13H20N2O. The smallest absolute Gasteiger partial charge is 0.118 e. The molecule has 0 atom stereocenters. The van der Waals surface area contributed by atoms with Crippen LogP contribution in [0.4, 0.5) is 0 Å². The summed E-state index contributed by atoms with van der Waals surface area (Å²) in [5, 5.41) is 9.46. The van der Waals surface area contributed by atoms with Gasteiger partial charge in [-0.2, -0.15) is 0 Å². The van der Waals surface area contributed by atoms with Crippen LogP contribution in [-0.2, 0) is 6.54 Å². The molecule has 0 amide bonds. The molecule has 1 aliphatic heterocycles. The highest BCUT2D eigenvalue weighted by Gasteiger charge is 2.13. The van der Waals surface area contributed by atoms with Gasteiger partial charge in [0, 0.05) is 32.7 Å². The average Bonchev–Trinajstić information content (AvgIpc) is 2.27. The van der Waals surface area contributed by atoms with Gasteiger partial charge in [-0.15, -0.1) is 0 Å². The third-order valence-electron chi connectivity index (χ3n) is 3.26. The Morgan fingerprint density at radius 1 is 1.19 bits per heavy atom. The number of hydrogen-bond acceptors (Lipinski definition) is 3. The van der Waals surface area contributed by atoms with Crippen molar-refractivity contribution < 1.29 is 5.11 Å². The monoisotopic (exact) mass is 220 g/mol. The normalized spacial score (nSPS) is 18.9. The van der Waals surface area contributed by atoms with Crippen molar-refractivity contribution in [2.75, 3.05) is 33.2 Å². The number of benzene rings is 1. The van der Waals surface area contributed by atoms with Gasteiger partial charge in [-0.3, -0.25) is 4.90 Å². The van der Waals surface area contributed by atoms with E-state index in [1.165, 1.54) is 5.56 Å². The molecule has 2 rings (SSSR count). The molecule has 0 saturated carbocycles. The fourth-order valence-corrected chi connectivity index (χ4v) is 2.08. The summed E-state index contributed by atoms with van der Waals surface area (Å²) in [5.74, 6) is 0.391. The lowest BCUT2D eigenvalue weighted by molar-refractivity contribution is 0.148. The maximum absolute atomic E-state index is 9.46. The van der Waals surface area contributed by atoms with Gasteiger partial charge in [0.15, 0.2) is 0 Å². The Balaban J connectivity index is 1.96. The minimum Gasteiger partial charge on any atom is -0.508 e. The highest BCUT2D eigenvalue weighted by molar-refractivity contribution is 5.34. The van der Waals surface area contributed by atoms with E-state index in [4.69, 9.17) is 0 Å². The quantitative estimate of drug-likeness (QED) is 0.817. The molecule has 0 aromatic heterocycles. The van der Waals surface area contributed by atoms with E-state index in [1.807, 2.05) is 13.0 Å². The van der Waals surface area contributed by atoms with Gasteiger partial charge in [-0.1, -0.05) is 12.1 Å². The minimum absolute atomic E-state index is 0.391. The molecule has 88 valence electrons. The van der Waals surface area contributed by atoms with Crippen molar-refractivity contribution in [3.63, 3.8) is 0 Å². The Bertz CT molecular complexity index is 357. The summed E-state index contributed by atoms with van der Waals surface area (Å²) in [6.07, 6.45) is 0. The number of phenolic OH excluding ortho intramolecular Hbond substituents is 1. The molecule has 1 heterocycles. The van der Waals surface area contributed by atoms with Crippen LogP contribution in [-0.4, -0.2) is 48.1 Å². The molecule has 16 heavy (non-hydrogen) atoms. The van der Waals surface area contributed by atoms with Crippen LogP contribution >= 0.6 is 0 Å². The largest absolute Gasteiger partial charge is 0.508 e. The second kappa shape index (κ2) is 4.85. The van der Waals surface area contributed by atoms with E-state index in [2.05, 4.69) is 22.9 Å². The molecule has 0 spiro atoms. The predicted octanol–water partition coefficient (Wildman–Crippen LogP) is 1.45. The van der Waals surface area contributed by atoms with E-state index in [9.17, 15) is 5.11 Å². The summed E-state index contributed by atoms with van der Waals surface area (Å²) in [6, 6.07) is 5.88. The van der Waals surface area contributed by atoms with Crippen LogP contribution in [0.15, 0.2) is 18.2 Å². The number of phenols is 1. The lowest BCUT2D eigenvalue weighted by Gasteiger charge is -2.32. The van der Waals surface area contributed by atoms with E-state index < -0.39 is 0 Å². The zero-order chi connectivity index (χ0) is 11.5. The first-order valence-corrected chi connectivity index (χ1v) is 5.84. The molecule has 0 bridgehead atoms. The lowest BCUT2D eigenvalue weighted by atomic mass is 10.1. The van der Waals surface area contributed by atoms with Crippen LogP contribution in [0.3, 0.4) is 0 Å². The first-order valence-electron chi connectivity index (χ1n) is 5.84. The second-order valence-electron chi connectivity index (χ2n) is 4.70. The summed E-state index contributed by atoms with van der Waals surface area (Å²) < 4.78 is 0. The van der Waals surface area contributed by atoms with Gasteiger partial charge in [-0.05, 0) is 31.2 Å². The van der Waals surface area contributed by atoms with Gasteiger partial charge in [0.2, 0.25) is 0 Å². The van der Waals surface area contributed by atoms with Gasteiger partial charge < -0.3 is 10.0 Å². The number of aryl methyl sites for hydroxylation is 1. The van der Waals surface area contributed by atoms with Gasteiger partial charge in [0.25, 0.3) is 0 Å². The molecular weight excluding hydrogens is 200 g/mol. The van der Waals surface area contributed by atoms with Crippen molar-refractivity contribution in [3.05, 3.63) is 29.3 Å². The van der Waals surface area contributed by atoms with Crippen molar-refractivity contribution in [2.24, 2.45) is 0 Å². The van der Waals surface area contributed by atoms with Crippen LogP contribution in [0, 0.1) is 6.92 Å². The number of likely N-dealkylation sites (N-methyl/N-ethyl adjacent to an activating group) is 1. The fraction of sp³-hybridized carbons (Fsp3) is 0.538. The molecule has 3 nitrogen and oxygen atoms in total. The number of nitrogens with zero attached hydrogens (tertiary/aromatic N) is 2. The van der Waals surface area contributed by atoms with Crippen LogP contribution in [0.2, 0.25) is 0 Å². The summed E-state index contributed by atoms with van der Waals surface area (Å²) in [6.45, 7) is 7.51. The van der Waals surface area contributed by atoms with Crippen LogP contribution in [0.5, 0.6) is 5.75 Å². The summed E-state index contributed by atoms with van der Waals surface area (Å²) in [5.41, 5.74) is 2.26. The van der Waals surface area contributed by atoms with Crippen molar-refractivity contribution in [1.82, 2.24) is 9.80 Å². The Morgan fingerprint density at radius 3 is 2.50 bits per heavy atom. The first kappa shape index (κ1) is 11.4. The highest BCUT2D eigenvalue weighted by atomic mass is 16.3. The average molecular weight is 220 g/mol. The third kappa shape index (κ3) is 2.74. The standard InChI is InChI=1S/C13H20N2O/c1-11-9-12(3-4-13(11)16)10-15-7-5-14(2)6-8-15/h3-4,9,16H,5-8,10H2,1-2H3. The van der Waals surface area contributed by atoms with Crippen LogP contribution in [0.25, 0.3) is 0 Å². The van der Waals surface area contributed by atoms with Crippen molar-refractivity contribution in [2.45, 2.75) is 13.5 Å². The Morgan fingerprint density at radius 2 is 1.88 bits per heavy atom. The van der Waals surface area contributed by atoms with E-state index in [1.54, 1.807) is 6.07 Å². The second-order valence-corrected chi connectivity index (χ2v) is 4.70. The zero-order valence-corrected chi connectivity index (χ0v) is 10.1. The molecule has 1 aromatic rings. The first-order chi connectivity index (χ1) is 7.65. The molecule has 3 heteroatoms. The van der Waals surface area contributed by atoms with E-state index in [0.29, 0.717) is 5.75 Å². The van der Waals surface area contributed by atoms with Gasteiger partial charge >= 0.3 is 0 Å². The fourth-order valence-electron chi connectivity index (χ4n) is 2.08. The van der Waals surface area contributed by atoms with E-state index in [-0.39, 0.29) is 0 Å². The Hall–Kier alpha value is -1.06. The predicted molar refractivity (Wildman–Crippen MR) is 65.6 cm³/mol. The number of aromatic hydroxyl groups is 1. The Labute approximate surface area is 97.3 Å². The maximum atomic E-state index is 9.46. The van der Waals surface area contributed by atoms with E-state index >= 15 is 0 Å². The zero-order valence-electron chi connectivity index (χ0n) is 10.1. The molecule has 1 aliphatic rings. The summed E-state index contributed by atoms with van der Waals surface area (Å²) >= 11 is 0. The molecule has 1 N–H and O–H groups in total. The van der Waals surface area contributed by atoms with Crippen LogP contribution in [0.1, 0.15) is 11.1 Å². The van der Waals surface area contributed by atoms with Crippen molar-refractivity contribution >= 4 is 0 Å². The number of piperazine rings is 1. The molecule has 1 fully saturated rings. The third-order valence-corrected chi connectivity index (χ3v) is 3.26. The topological polar surface area (TPSA) is 26.7 Å². The molecule has 1 aromatic carbocycles. The molecule has 0 radical (unpaired) electrons. The SMILES string of the molecule is Cc1cc(CN2CCN(C)CC2)ccc1O. The van der Waals surface area contributed by atoms with E-state index in [0.717, 1.165) is 38.3 Å². The molecule has 0 aliphatic carbocycles. The lowest BCUT2D eigenvalue weighted by Crippen LogP contribution is -2.43. The highest BCUT2D eigenvalue weighted by Crippen LogP contribution is 2.18. The number of rotatable bonds is 2. The maximum Gasteiger partial charge on any atom is 0.118 e. The summed E-state index contributed by atoms with van der Waals surface area (Å²) in [7, 11) is 2.17.